The second-order valence-electron chi connectivity index (χ2n) is 5.81. The lowest BCUT2D eigenvalue weighted by molar-refractivity contribution is 0.353. The van der Waals surface area contributed by atoms with Crippen molar-refractivity contribution in [3.63, 3.8) is 0 Å². The van der Waals surface area contributed by atoms with E-state index in [0.717, 1.165) is 22.6 Å². The molecular weight excluding hydrogens is 332 g/mol. The predicted molar refractivity (Wildman–Crippen MR) is 103 cm³/mol. The molecule has 0 radical (unpaired) electrons. The van der Waals surface area contributed by atoms with Crippen LogP contribution in [-0.2, 0) is 13.1 Å². The first-order valence-electron chi connectivity index (χ1n) is 8.04. The highest BCUT2D eigenvalue weighted by atomic mass is 32.1. The molecule has 0 atom stereocenters. The van der Waals surface area contributed by atoms with E-state index in [1.807, 2.05) is 60.4 Å². The van der Waals surface area contributed by atoms with E-state index in [4.69, 9.17) is 16.6 Å². The Bertz CT molecular complexity index is 846. The Hall–Kier alpha value is -2.79. The summed E-state index contributed by atoms with van der Waals surface area (Å²) in [5.41, 5.74) is 2.89. The third-order valence-corrected chi connectivity index (χ3v) is 4.31. The number of phenols is 1. The maximum atomic E-state index is 10.1. The fourth-order valence-corrected chi connectivity index (χ4v) is 2.79. The fourth-order valence-electron chi connectivity index (χ4n) is 2.55. The van der Waals surface area contributed by atoms with Gasteiger partial charge >= 0.3 is 0 Å². The van der Waals surface area contributed by atoms with Crippen molar-refractivity contribution in [3.05, 3.63) is 83.8 Å². The minimum Gasteiger partial charge on any atom is -0.508 e. The summed E-state index contributed by atoms with van der Waals surface area (Å²) in [6.45, 7) is 3.02. The second-order valence-corrected chi connectivity index (χ2v) is 6.20. The smallest absolute Gasteiger partial charge is 0.174 e. The maximum absolute atomic E-state index is 10.1. The van der Waals surface area contributed by atoms with Crippen LogP contribution in [-0.4, -0.2) is 15.1 Å². The largest absolute Gasteiger partial charge is 0.508 e. The summed E-state index contributed by atoms with van der Waals surface area (Å²) in [5.74, 6) is 1.06. The number of anilines is 1. The average molecular weight is 352 g/mol. The molecule has 2 aromatic carbocycles. The van der Waals surface area contributed by atoms with Crippen molar-refractivity contribution >= 4 is 23.0 Å². The SMILES string of the molecule is Cc1ccccc1NC(=S)N(Cc1ccco1)Cc1ccccc1O. The summed E-state index contributed by atoms with van der Waals surface area (Å²) in [6, 6.07) is 19.0. The van der Waals surface area contributed by atoms with Gasteiger partial charge in [-0.2, -0.15) is 0 Å². The molecule has 4 nitrogen and oxygen atoms in total. The van der Waals surface area contributed by atoms with Gasteiger partial charge in [0.05, 0.1) is 12.8 Å². The molecule has 2 N–H and O–H groups in total. The monoisotopic (exact) mass is 352 g/mol. The van der Waals surface area contributed by atoms with Crippen LogP contribution in [0.25, 0.3) is 0 Å². The molecule has 128 valence electrons. The van der Waals surface area contributed by atoms with Crippen LogP contribution in [0, 0.1) is 6.92 Å². The van der Waals surface area contributed by atoms with Crippen LogP contribution >= 0.6 is 12.2 Å². The van der Waals surface area contributed by atoms with Crippen LogP contribution < -0.4 is 5.32 Å². The van der Waals surface area contributed by atoms with Gasteiger partial charge in [0.2, 0.25) is 0 Å². The summed E-state index contributed by atoms with van der Waals surface area (Å²) >= 11 is 5.62. The number of aromatic hydroxyl groups is 1. The van der Waals surface area contributed by atoms with Gasteiger partial charge in [0.1, 0.15) is 11.5 Å². The van der Waals surface area contributed by atoms with Crippen LogP contribution in [0.1, 0.15) is 16.9 Å². The summed E-state index contributed by atoms with van der Waals surface area (Å²) in [5, 5.41) is 14.0. The van der Waals surface area contributed by atoms with Crippen LogP contribution in [0.15, 0.2) is 71.3 Å². The Morgan fingerprint density at radius 3 is 2.52 bits per heavy atom. The van der Waals surface area contributed by atoms with E-state index >= 15 is 0 Å². The lowest BCUT2D eigenvalue weighted by Gasteiger charge is -2.26. The van der Waals surface area contributed by atoms with E-state index in [1.165, 1.54) is 0 Å². The minimum atomic E-state index is 0.255. The number of para-hydroxylation sites is 2. The fraction of sp³-hybridized carbons (Fsp3) is 0.150. The first-order chi connectivity index (χ1) is 12.1. The van der Waals surface area contributed by atoms with E-state index in [1.54, 1.807) is 18.4 Å². The molecule has 5 heteroatoms. The van der Waals surface area contributed by atoms with E-state index in [0.29, 0.717) is 18.2 Å². The van der Waals surface area contributed by atoms with Gasteiger partial charge in [0, 0.05) is 17.8 Å². The highest BCUT2D eigenvalue weighted by molar-refractivity contribution is 7.80. The Balaban J connectivity index is 1.81. The molecule has 1 aromatic heterocycles. The highest BCUT2D eigenvalue weighted by Crippen LogP contribution is 2.21. The molecule has 0 saturated heterocycles. The number of benzene rings is 2. The van der Waals surface area contributed by atoms with Crippen LogP contribution in [0.5, 0.6) is 5.75 Å². The molecule has 0 aliphatic carbocycles. The number of phenolic OH excluding ortho intramolecular Hbond substituents is 1. The van der Waals surface area contributed by atoms with Crippen molar-refractivity contribution in [1.29, 1.82) is 0 Å². The molecule has 0 amide bonds. The third-order valence-electron chi connectivity index (χ3n) is 3.95. The molecule has 25 heavy (non-hydrogen) atoms. The number of hydrogen-bond donors (Lipinski definition) is 2. The lowest BCUT2D eigenvalue weighted by Crippen LogP contribution is -2.34. The number of furan rings is 1. The highest BCUT2D eigenvalue weighted by Gasteiger charge is 2.15. The predicted octanol–water partition coefficient (Wildman–Crippen LogP) is 4.69. The molecule has 0 aliphatic rings. The van der Waals surface area contributed by atoms with Gasteiger partial charge in [0.15, 0.2) is 5.11 Å². The Kier molecular flexibility index (Phi) is 5.36. The van der Waals surface area contributed by atoms with Gasteiger partial charge in [-0.1, -0.05) is 36.4 Å². The Morgan fingerprint density at radius 1 is 1.04 bits per heavy atom. The van der Waals surface area contributed by atoms with Gasteiger partial charge in [-0.15, -0.1) is 0 Å². The summed E-state index contributed by atoms with van der Waals surface area (Å²) in [7, 11) is 0. The molecule has 3 aromatic rings. The quantitative estimate of drug-likeness (QED) is 0.652. The molecule has 1 heterocycles. The van der Waals surface area contributed by atoms with Crippen molar-refractivity contribution in [2.75, 3.05) is 5.32 Å². The molecule has 0 bridgehead atoms. The Labute approximate surface area is 152 Å². The zero-order valence-corrected chi connectivity index (χ0v) is 14.8. The van der Waals surface area contributed by atoms with Crippen molar-refractivity contribution in [2.45, 2.75) is 20.0 Å². The lowest BCUT2D eigenvalue weighted by atomic mass is 10.2. The van der Waals surface area contributed by atoms with E-state index in [2.05, 4.69) is 5.32 Å². The minimum absolute atomic E-state index is 0.255. The van der Waals surface area contributed by atoms with Crippen LogP contribution in [0.2, 0.25) is 0 Å². The molecule has 0 spiro atoms. The number of aryl methyl sites for hydroxylation is 1. The molecule has 0 aliphatic heterocycles. The molecular formula is C20H20N2O2S. The first kappa shape index (κ1) is 17.0. The van der Waals surface area contributed by atoms with Crippen molar-refractivity contribution in [3.8, 4) is 5.75 Å². The van der Waals surface area contributed by atoms with Gasteiger partial charge in [0.25, 0.3) is 0 Å². The van der Waals surface area contributed by atoms with Crippen molar-refractivity contribution < 1.29 is 9.52 Å². The molecule has 0 fully saturated rings. The summed E-state index contributed by atoms with van der Waals surface area (Å²) in [6.07, 6.45) is 1.64. The zero-order chi connectivity index (χ0) is 17.6. The summed E-state index contributed by atoms with van der Waals surface area (Å²) in [4.78, 5) is 1.97. The average Bonchev–Trinajstić information content (AvgIpc) is 3.11. The maximum Gasteiger partial charge on any atom is 0.174 e. The van der Waals surface area contributed by atoms with Gasteiger partial charge < -0.3 is 19.7 Å². The van der Waals surface area contributed by atoms with Crippen LogP contribution in [0.3, 0.4) is 0 Å². The number of rotatable bonds is 5. The van der Waals surface area contributed by atoms with Crippen molar-refractivity contribution in [2.24, 2.45) is 0 Å². The zero-order valence-electron chi connectivity index (χ0n) is 14.0. The topological polar surface area (TPSA) is 48.6 Å². The Morgan fingerprint density at radius 2 is 1.80 bits per heavy atom. The van der Waals surface area contributed by atoms with E-state index < -0.39 is 0 Å². The second kappa shape index (κ2) is 7.85. The van der Waals surface area contributed by atoms with Crippen molar-refractivity contribution in [1.82, 2.24) is 4.90 Å². The van der Waals surface area contributed by atoms with Gasteiger partial charge in [-0.3, -0.25) is 0 Å². The number of hydrogen-bond acceptors (Lipinski definition) is 3. The van der Waals surface area contributed by atoms with Gasteiger partial charge in [-0.25, -0.2) is 0 Å². The van der Waals surface area contributed by atoms with Gasteiger partial charge in [-0.05, 0) is 49.0 Å². The normalized spacial score (nSPS) is 10.4. The first-order valence-corrected chi connectivity index (χ1v) is 8.45. The van der Waals surface area contributed by atoms with E-state index in [-0.39, 0.29) is 5.75 Å². The summed E-state index contributed by atoms with van der Waals surface area (Å²) < 4.78 is 5.46. The van der Waals surface area contributed by atoms with E-state index in [9.17, 15) is 5.11 Å². The molecule has 0 saturated carbocycles. The standard InChI is InChI=1S/C20H20N2O2S/c1-15-7-2-4-10-18(15)21-20(25)22(14-17-9-6-12-24-17)13-16-8-3-5-11-19(16)23/h2-12,23H,13-14H2,1H3,(H,21,25). The molecule has 3 rings (SSSR count). The number of nitrogens with zero attached hydrogens (tertiary/aromatic N) is 1. The number of thiocarbonyl (C=S) groups is 1. The number of nitrogens with one attached hydrogen (secondary N) is 1. The van der Waals surface area contributed by atoms with Crippen LogP contribution in [0.4, 0.5) is 5.69 Å². The third kappa shape index (κ3) is 4.39. The molecule has 0 unspecified atom stereocenters.